The third-order valence-electron chi connectivity index (χ3n) is 9.41. The van der Waals surface area contributed by atoms with Gasteiger partial charge in [0.05, 0.1) is 24.7 Å². The molecule has 8 unspecified atom stereocenters. The van der Waals surface area contributed by atoms with Crippen LogP contribution < -0.4 is 9.08 Å². The molecule has 52 heavy (non-hydrogen) atoms. The smallest absolute Gasteiger partial charge is 0.311 e. The van der Waals surface area contributed by atoms with Crippen LogP contribution in [0.1, 0.15) is 36.1 Å². The van der Waals surface area contributed by atoms with Gasteiger partial charge in [-0.1, -0.05) is 36.4 Å². The van der Waals surface area contributed by atoms with Gasteiger partial charge in [0.1, 0.15) is 59.4 Å². The van der Waals surface area contributed by atoms with E-state index in [4.69, 9.17) is 8.92 Å². The average molecular weight is 742 g/mol. The molecule has 0 spiro atoms. The van der Waals surface area contributed by atoms with E-state index in [1.165, 1.54) is 71.6 Å². The molecule has 0 saturated carbocycles. The molecule has 2 saturated heterocycles. The maximum Gasteiger partial charge on any atom is 0.311 e. The van der Waals surface area contributed by atoms with E-state index in [1.807, 2.05) is 0 Å². The van der Waals surface area contributed by atoms with E-state index in [1.54, 1.807) is 24.3 Å². The lowest BCUT2D eigenvalue weighted by atomic mass is 9.77. The molecule has 2 aliphatic heterocycles. The molecule has 6 N–H and O–H groups in total. The van der Waals surface area contributed by atoms with E-state index in [9.17, 15) is 52.6 Å². The Morgan fingerprint density at radius 3 is 2.12 bits per heavy atom. The Labute approximate surface area is 297 Å². The van der Waals surface area contributed by atoms with Crippen LogP contribution in [-0.2, 0) is 19.6 Å². The summed E-state index contributed by atoms with van der Waals surface area (Å²) in [4.78, 5) is 15.1. The molecule has 276 valence electrons. The fraction of sp³-hybridized carbons (Fsp3) is 0.324. The van der Waals surface area contributed by atoms with E-state index < -0.39 is 88.6 Å². The number of nitrogens with zero attached hydrogens (tertiary/aromatic N) is 1. The summed E-state index contributed by atoms with van der Waals surface area (Å²) >= 11 is 0. The van der Waals surface area contributed by atoms with Gasteiger partial charge in [0.2, 0.25) is 5.91 Å². The monoisotopic (exact) mass is 741 g/mol. The Morgan fingerprint density at radius 2 is 1.46 bits per heavy atom. The van der Waals surface area contributed by atoms with Crippen LogP contribution in [0.2, 0.25) is 0 Å². The number of carbonyl (C=O) groups is 1. The standard InChI is InChI=1S/C37H37F2NO11S/c38-23-7-4-20(5-8-23)29(43)15-14-28-33(40(37(28)47)25-11-9-24(39)10-12-25)27-13-6-22(21-2-1-3-26(42)16-21)17-30(27)51-52(48,49)19-32-35(45)36(46)34(44)31(18-41)50-32/h1-13,16-17,28-29,31-36,41-46H,14-15,18-19H2. The van der Waals surface area contributed by atoms with Gasteiger partial charge in [0.15, 0.2) is 0 Å². The molecule has 1 amide bonds. The summed E-state index contributed by atoms with van der Waals surface area (Å²) in [7, 11) is -4.70. The van der Waals surface area contributed by atoms with Crippen molar-refractivity contribution in [2.45, 2.75) is 55.5 Å². The minimum atomic E-state index is -4.70. The van der Waals surface area contributed by atoms with Crippen LogP contribution in [0.25, 0.3) is 11.1 Å². The maximum absolute atomic E-state index is 13.9. The van der Waals surface area contributed by atoms with Crippen molar-refractivity contribution < 1.29 is 61.6 Å². The minimum absolute atomic E-state index is 0.0638. The van der Waals surface area contributed by atoms with Crippen LogP contribution in [0, 0.1) is 17.6 Å². The molecule has 4 aromatic carbocycles. The minimum Gasteiger partial charge on any atom is -0.508 e. The van der Waals surface area contributed by atoms with Crippen LogP contribution in [-0.4, -0.2) is 87.8 Å². The summed E-state index contributed by atoms with van der Waals surface area (Å²) in [6, 6.07) is 20.2. The fourth-order valence-electron chi connectivity index (χ4n) is 6.67. The van der Waals surface area contributed by atoms with E-state index in [2.05, 4.69) is 0 Å². The number of aromatic hydroxyl groups is 1. The molecule has 0 aliphatic carbocycles. The number of benzene rings is 4. The summed E-state index contributed by atoms with van der Waals surface area (Å²) < 4.78 is 65.9. The number of halogens is 2. The Morgan fingerprint density at radius 1 is 0.827 bits per heavy atom. The van der Waals surface area contributed by atoms with E-state index >= 15 is 0 Å². The first-order valence-corrected chi connectivity index (χ1v) is 18.0. The highest BCUT2D eigenvalue weighted by Crippen LogP contribution is 2.49. The molecule has 0 radical (unpaired) electrons. The van der Waals surface area contributed by atoms with Crippen molar-refractivity contribution in [2.24, 2.45) is 5.92 Å². The predicted octanol–water partition coefficient (Wildman–Crippen LogP) is 3.11. The number of carbonyl (C=O) groups excluding carboxylic acids is 1. The number of anilines is 1. The molecule has 2 fully saturated rings. The number of rotatable bonds is 12. The number of phenolic OH excluding ortho intramolecular Hbond substituents is 1. The van der Waals surface area contributed by atoms with Crippen molar-refractivity contribution >= 4 is 21.7 Å². The molecule has 0 aromatic heterocycles. The molecule has 2 aliphatic rings. The van der Waals surface area contributed by atoms with Gasteiger partial charge in [-0.05, 0) is 84.1 Å². The van der Waals surface area contributed by atoms with Crippen molar-refractivity contribution in [3.63, 3.8) is 0 Å². The molecule has 2 heterocycles. The van der Waals surface area contributed by atoms with E-state index in [0.29, 0.717) is 22.4 Å². The normalized spacial score (nSPS) is 25.4. The average Bonchev–Trinajstić information content (AvgIpc) is 3.11. The predicted molar refractivity (Wildman–Crippen MR) is 182 cm³/mol. The first-order valence-electron chi connectivity index (χ1n) is 16.4. The molecule has 8 atom stereocenters. The SMILES string of the molecule is O=C1C(CCC(O)c2ccc(F)cc2)C(c2ccc(-c3cccc(O)c3)cc2OS(=O)(=O)CC2OC(CO)C(O)C(O)C2O)N1c1ccc(F)cc1. The third kappa shape index (κ3) is 7.80. The number of ether oxygens (including phenoxy) is 1. The third-order valence-corrected chi connectivity index (χ3v) is 10.6. The zero-order chi connectivity index (χ0) is 37.3. The quantitative estimate of drug-likeness (QED) is 0.0923. The number of hydrogen-bond acceptors (Lipinski definition) is 11. The topological polar surface area (TPSA) is 194 Å². The van der Waals surface area contributed by atoms with Gasteiger partial charge < -0.3 is 44.5 Å². The summed E-state index contributed by atoms with van der Waals surface area (Å²) in [6.07, 6.45) is -9.25. The first kappa shape index (κ1) is 37.3. The Hall–Kier alpha value is -4.48. The summed E-state index contributed by atoms with van der Waals surface area (Å²) in [6.45, 7) is -0.773. The second-order valence-corrected chi connectivity index (χ2v) is 14.5. The molecular formula is C37H37F2NO11S. The molecule has 15 heteroatoms. The molecule has 0 bridgehead atoms. The molecule has 4 aromatic rings. The van der Waals surface area contributed by atoms with Gasteiger partial charge in [-0.3, -0.25) is 4.79 Å². The lowest BCUT2D eigenvalue weighted by Gasteiger charge is -2.48. The van der Waals surface area contributed by atoms with Crippen LogP contribution in [0.4, 0.5) is 14.5 Å². The largest absolute Gasteiger partial charge is 0.508 e. The van der Waals surface area contributed by atoms with Gasteiger partial charge in [-0.25, -0.2) is 8.78 Å². The fourth-order valence-corrected chi connectivity index (χ4v) is 7.83. The number of β-lactam (4-membered cyclic amide) rings is 1. The van der Waals surface area contributed by atoms with Crippen molar-refractivity contribution in [3.05, 3.63) is 114 Å². The van der Waals surface area contributed by atoms with Crippen LogP contribution in [0.5, 0.6) is 11.5 Å². The number of hydrogen-bond donors (Lipinski definition) is 6. The zero-order valence-corrected chi connectivity index (χ0v) is 28.3. The lowest BCUT2D eigenvalue weighted by molar-refractivity contribution is -0.223. The van der Waals surface area contributed by atoms with Crippen molar-refractivity contribution in [1.82, 2.24) is 0 Å². The maximum atomic E-state index is 13.9. The summed E-state index contributed by atoms with van der Waals surface area (Å²) in [5.41, 5.74) is 1.85. The number of aliphatic hydroxyl groups excluding tert-OH is 5. The highest BCUT2D eigenvalue weighted by atomic mass is 32.2. The molecule has 6 rings (SSSR count). The Kier molecular flexibility index (Phi) is 10.9. The van der Waals surface area contributed by atoms with E-state index in [0.717, 1.165) is 0 Å². The van der Waals surface area contributed by atoms with Crippen LogP contribution in [0.15, 0.2) is 91.0 Å². The lowest BCUT2D eigenvalue weighted by Crippen LogP contribution is -2.60. The highest BCUT2D eigenvalue weighted by molar-refractivity contribution is 7.87. The zero-order valence-electron chi connectivity index (χ0n) is 27.4. The van der Waals surface area contributed by atoms with E-state index in [-0.39, 0.29) is 29.9 Å². The van der Waals surface area contributed by atoms with Crippen molar-refractivity contribution in [2.75, 3.05) is 17.3 Å². The second-order valence-electron chi connectivity index (χ2n) is 12.9. The molecule has 12 nitrogen and oxygen atoms in total. The first-order chi connectivity index (χ1) is 24.8. The second kappa shape index (κ2) is 15.2. The summed E-state index contributed by atoms with van der Waals surface area (Å²) in [5, 5.41) is 61.5. The number of aliphatic hydroxyl groups is 5. The van der Waals surface area contributed by atoms with Gasteiger partial charge in [-0.2, -0.15) is 8.42 Å². The van der Waals surface area contributed by atoms with Gasteiger partial charge >= 0.3 is 10.1 Å². The summed E-state index contributed by atoms with van der Waals surface area (Å²) in [5.74, 6) is -3.57. The Balaban J connectivity index is 1.38. The highest BCUT2D eigenvalue weighted by Gasteiger charge is 2.50. The van der Waals surface area contributed by atoms with Crippen LogP contribution >= 0.6 is 0 Å². The molecular weight excluding hydrogens is 704 g/mol. The number of amides is 1. The van der Waals surface area contributed by atoms with Crippen molar-refractivity contribution in [1.29, 1.82) is 0 Å². The number of phenols is 1. The van der Waals surface area contributed by atoms with Gasteiger partial charge in [0.25, 0.3) is 0 Å². The van der Waals surface area contributed by atoms with Gasteiger partial charge in [-0.15, -0.1) is 0 Å². The van der Waals surface area contributed by atoms with Crippen molar-refractivity contribution in [3.8, 4) is 22.6 Å². The van der Waals surface area contributed by atoms with Gasteiger partial charge in [0, 0.05) is 11.3 Å². The Bertz CT molecular complexity index is 2000. The van der Waals surface area contributed by atoms with Crippen LogP contribution in [0.3, 0.4) is 0 Å².